The fourth-order valence-corrected chi connectivity index (χ4v) is 7.58. The van der Waals surface area contributed by atoms with Gasteiger partial charge in [-0.2, -0.15) is 0 Å². The fraction of sp³-hybridized carbons (Fsp3) is 0.746. The lowest BCUT2D eigenvalue weighted by Gasteiger charge is -2.18. The Balaban J connectivity index is 4.43. The van der Waals surface area contributed by atoms with Crippen molar-refractivity contribution in [2.45, 2.75) is 271 Å². The molecule has 0 aromatic carbocycles. The van der Waals surface area contributed by atoms with Crippen LogP contribution in [-0.4, -0.2) is 37.2 Å². The highest BCUT2D eigenvalue weighted by Gasteiger charge is 2.19. The van der Waals surface area contributed by atoms with Crippen LogP contribution in [0, 0.1) is 0 Å². The largest absolute Gasteiger partial charge is 0.462 e. The Morgan fingerprint density at radius 3 is 1.05 bits per heavy atom. The van der Waals surface area contributed by atoms with Gasteiger partial charge >= 0.3 is 17.9 Å². The van der Waals surface area contributed by atoms with E-state index in [1.807, 2.05) is 0 Å². The first-order chi connectivity index (χ1) is 32.0. The first kappa shape index (κ1) is 61.9. The quantitative estimate of drug-likeness (QED) is 0.0199. The van der Waals surface area contributed by atoms with Crippen molar-refractivity contribution >= 4 is 17.9 Å². The van der Waals surface area contributed by atoms with E-state index in [-0.39, 0.29) is 31.1 Å². The zero-order chi connectivity index (χ0) is 47.2. The zero-order valence-corrected chi connectivity index (χ0v) is 42.7. The van der Waals surface area contributed by atoms with Crippen molar-refractivity contribution in [2.75, 3.05) is 13.2 Å². The summed E-state index contributed by atoms with van der Waals surface area (Å²) in [4.78, 5) is 38.1. The molecule has 0 aliphatic rings. The van der Waals surface area contributed by atoms with E-state index in [2.05, 4.69) is 93.7 Å². The molecule has 0 aliphatic carbocycles. The van der Waals surface area contributed by atoms with E-state index < -0.39 is 6.10 Å². The van der Waals surface area contributed by atoms with Gasteiger partial charge in [0.25, 0.3) is 0 Å². The number of rotatable bonds is 49. The lowest BCUT2D eigenvalue weighted by molar-refractivity contribution is -0.167. The number of allylic oxidation sites excluding steroid dienone is 12. The number of unbranched alkanes of at least 4 members (excludes halogenated alkanes) is 28. The van der Waals surface area contributed by atoms with Gasteiger partial charge in [-0.25, -0.2) is 0 Å². The van der Waals surface area contributed by atoms with E-state index in [0.29, 0.717) is 19.3 Å². The highest BCUT2D eigenvalue weighted by molar-refractivity contribution is 5.71. The second-order valence-corrected chi connectivity index (χ2v) is 18.2. The van der Waals surface area contributed by atoms with Crippen LogP contribution in [0.4, 0.5) is 0 Å². The Labute approximate surface area is 402 Å². The summed E-state index contributed by atoms with van der Waals surface area (Å²) in [5.74, 6) is -0.920. The second-order valence-electron chi connectivity index (χ2n) is 18.2. The van der Waals surface area contributed by atoms with Crippen LogP contribution in [0.25, 0.3) is 0 Å². The van der Waals surface area contributed by atoms with Crippen molar-refractivity contribution in [3.63, 3.8) is 0 Å². The molecule has 0 saturated carbocycles. The maximum absolute atomic E-state index is 12.8. The Morgan fingerprint density at radius 2 is 0.646 bits per heavy atom. The summed E-state index contributed by atoms with van der Waals surface area (Å²) < 4.78 is 16.8. The van der Waals surface area contributed by atoms with Gasteiger partial charge in [0.05, 0.1) is 0 Å². The molecule has 0 amide bonds. The monoisotopic (exact) mass is 907 g/mol. The van der Waals surface area contributed by atoms with Crippen LogP contribution >= 0.6 is 0 Å². The summed E-state index contributed by atoms with van der Waals surface area (Å²) in [6.45, 7) is 6.48. The Bertz CT molecular complexity index is 1230. The molecule has 65 heavy (non-hydrogen) atoms. The minimum atomic E-state index is -0.791. The van der Waals surface area contributed by atoms with Crippen LogP contribution < -0.4 is 0 Å². The van der Waals surface area contributed by atoms with Gasteiger partial charge in [-0.3, -0.25) is 14.4 Å². The van der Waals surface area contributed by atoms with E-state index in [1.165, 1.54) is 116 Å². The highest BCUT2D eigenvalue weighted by Crippen LogP contribution is 2.14. The molecule has 0 radical (unpaired) electrons. The molecule has 0 saturated heterocycles. The normalized spacial score (nSPS) is 12.6. The van der Waals surface area contributed by atoms with Gasteiger partial charge in [-0.1, -0.05) is 222 Å². The molecule has 1 unspecified atom stereocenters. The van der Waals surface area contributed by atoms with Crippen molar-refractivity contribution in [1.29, 1.82) is 0 Å². The summed E-state index contributed by atoms with van der Waals surface area (Å²) in [5, 5.41) is 0. The summed E-state index contributed by atoms with van der Waals surface area (Å²) in [6.07, 6.45) is 67.4. The lowest BCUT2D eigenvalue weighted by atomic mass is 10.1. The average Bonchev–Trinajstić information content (AvgIpc) is 3.30. The minimum Gasteiger partial charge on any atom is -0.462 e. The SMILES string of the molecule is CC/C=C\C/C=C\CCCCCCCCCC(=O)OCC(COC(=O)CCCCCCC/C=C\C=C/CCCCCCCCC)OC(=O)CCCCCCCC/C=C\C=C/CCCCC. The first-order valence-electron chi connectivity index (χ1n) is 27.5. The lowest BCUT2D eigenvalue weighted by Crippen LogP contribution is -2.30. The zero-order valence-electron chi connectivity index (χ0n) is 42.7. The number of ether oxygens (including phenoxy) is 3. The molecule has 0 bridgehead atoms. The van der Waals surface area contributed by atoms with E-state index in [4.69, 9.17) is 14.2 Å². The maximum atomic E-state index is 12.8. The average molecular weight is 907 g/mol. The van der Waals surface area contributed by atoms with Gasteiger partial charge in [0.1, 0.15) is 13.2 Å². The van der Waals surface area contributed by atoms with Gasteiger partial charge in [0.15, 0.2) is 6.10 Å². The molecular weight excluding hydrogens is 805 g/mol. The van der Waals surface area contributed by atoms with E-state index >= 15 is 0 Å². The van der Waals surface area contributed by atoms with Crippen LogP contribution in [-0.2, 0) is 28.6 Å². The van der Waals surface area contributed by atoms with Crippen LogP contribution in [0.5, 0.6) is 0 Å². The molecule has 0 rings (SSSR count). The van der Waals surface area contributed by atoms with E-state index in [0.717, 1.165) is 109 Å². The molecule has 0 aromatic rings. The van der Waals surface area contributed by atoms with Crippen LogP contribution in [0.2, 0.25) is 0 Å². The van der Waals surface area contributed by atoms with Gasteiger partial charge in [0, 0.05) is 19.3 Å². The topological polar surface area (TPSA) is 78.9 Å². The van der Waals surface area contributed by atoms with Crippen molar-refractivity contribution in [1.82, 2.24) is 0 Å². The summed E-state index contributed by atoms with van der Waals surface area (Å²) in [5.41, 5.74) is 0. The Morgan fingerprint density at radius 1 is 0.338 bits per heavy atom. The van der Waals surface area contributed by atoms with Gasteiger partial charge in [0.2, 0.25) is 0 Å². The fourth-order valence-electron chi connectivity index (χ4n) is 7.58. The molecule has 0 heterocycles. The smallest absolute Gasteiger partial charge is 0.306 e. The molecule has 0 spiro atoms. The molecule has 374 valence electrons. The summed E-state index contributed by atoms with van der Waals surface area (Å²) in [6, 6.07) is 0. The number of hydrogen-bond donors (Lipinski definition) is 0. The number of hydrogen-bond acceptors (Lipinski definition) is 6. The standard InChI is InChI=1S/C59H102O6/c1-4-7-10-13-16-19-22-25-28-29-30-32-34-37-40-43-46-49-52-58(61)64-55-56(54-63-57(60)51-48-45-42-39-36-33-27-24-21-18-15-12-9-6-3)65-59(62)53-50-47-44-41-38-35-31-26-23-20-17-14-11-8-5-2/h9,12,17-18,20-21,23,26,28-30,32,56H,4-8,10-11,13-16,19,22,24-25,27,31,33-55H2,1-3H3/b12-9-,20-17-,21-18-,26-23-,29-28-,32-30-. The van der Waals surface area contributed by atoms with E-state index in [1.54, 1.807) is 0 Å². The molecule has 6 heteroatoms. The third-order valence-electron chi connectivity index (χ3n) is 11.7. The van der Waals surface area contributed by atoms with Crippen molar-refractivity contribution in [3.8, 4) is 0 Å². The first-order valence-corrected chi connectivity index (χ1v) is 27.5. The molecular formula is C59H102O6. The third kappa shape index (κ3) is 51.7. The molecule has 0 aromatic heterocycles. The molecule has 6 nitrogen and oxygen atoms in total. The molecule has 0 fully saturated rings. The summed E-state index contributed by atoms with van der Waals surface area (Å²) in [7, 11) is 0. The second kappa shape index (κ2) is 53.5. The number of carbonyl (C=O) groups excluding carboxylic acids is 3. The molecule has 0 N–H and O–H groups in total. The number of carbonyl (C=O) groups is 3. The van der Waals surface area contributed by atoms with Crippen molar-refractivity contribution < 1.29 is 28.6 Å². The van der Waals surface area contributed by atoms with E-state index in [9.17, 15) is 14.4 Å². The minimum absolute atomic E-state index is 0.0896. The van der Waals surface area contributed by atoms with Gasteiger partial charge in [-0.05, 0) is 96.3 Å². The Kier molecular flexibility index (Phi) is 50.9. The van der Waals surface area contributed by atoms with Crippen LogP contribution in [0.1, 0.15) is 265 Å². The van der Waals surface area contributed by atoms with Crippen molar-refractivity contribution in [2.24, 2.45) is 0 Å². The van der Waals surface area contributed by atoms with Gasteiger partial charge in [-0.15, -0.1) is 0 Å². The maximum Gasteiger partial charge on any atom is 0.306 e. The Hall–Kier alpha value is -3.15. The van der Waals surface area contributed by atoms with Crippen molar-refractivity contribution in [3.05, 3.63) is 72.9 Å². The van der Waals surface area contributed by atoms with Crippen LogP contribution in [0.3, 0.4) is 0 Å². The molecule has 0 aliphatic heterocycles. The highest BCUT2D eigenvalue weighted by atomic mass is 16.6. The molecule has 1 atom stereocenters. The predicted molar refractivity (Wildman–Crippen MR) is 279 cm³/mol. The third-order valence-corrected chi connectivity index (χ3v) is 11.7. The van der Waals surface area contributed by atoms with Gasteiger partial charge < -0.3 is 14.2 Å². The predicted octanol–water partition coefficient (Wildman–Crippen LogP) is 18.2. The summed E-state index contributed by atoms with van der Waals surface area (Å²) >= 11 is 0. The van der Waals surface area contributed by atoms with Crippen LogP contribution in [0.15, 0.2) is 72.9 Å². The number of esters is 3.